The Balaban J connectivity index is 2.06. The van der Waals surface area contributed by atoms with Gasteiger partial charge in [0, 0.05) is 25.6 Å². The van der Waals surface area contributed by atoms with Crippen LogP contribution in [-0.2, 0) is 17.8 Å². The summed E-state index contributed by atoms with van der Waals surface area (Å²) >= 11 is 0. The van der Waals surface area contributed by atoms with Crippen LogP contribution in [0.5, 0.6) is 0 Å². The molecule has 0 saturated carbocycles. The van der Waals surface area contributed by atoms with Crippen molar-refractivity contribution < 1.29 is 14.3 Å². The van der Waals surface area contributed by atoms with E-state index in [4.69, 9.17) is 9.15 Å². The molecule has 4 heteroatoms. The average molecular weight is 211 g/mol. The van der Waals surface area contributed by atoms with Gasteiger partial charge in [0.1, 0.15) is 5.76 Å². The van der Waals surface area contributed by atoms with Crippen molar-refractivity contribution >= 4 is 0 Å². The summed E-state index contributed by atoms with van der Waals surface area (Å²) in [5.41, 5.74) is 0.373. The molecule has 1 aromatic heterocycles. The van der Waals surface area contributed by atoms with E-state index >= 15 is 0 Å². The van der Waals surface area contributed by atoms with Gasteiger partial charge in [0.05, 0.1) is 18.5 Å². The number of aliphatic hydroxyl groups is 1. The van der Waals surface area contributed by atoms with Crippen molar-refractivity contribution in [2.75, 3.05) is 20.2 Å². The van der Waals surface area contributed by atoms with Crippen LogP contribution in [-0.4, -0.2) is 30.9 Å². The summed E-state index contributed by atoms with van der Waals surface area (Å²) in [6.07, 6.45) is 2.99. The molecular weight excluding hydrogens is 194 g/mol. The van der Waals surface area contributed by atoms with Gasteiger partial charge in [-0.25, -0.2) is 0 Å². The minimum Gasteiger partial charge on any atom is -0.469 e. The highest BCUT2D eigenvalue weighted by Gasteiger charge is 2.32. The van der Waals surface area contributed by atoms with Crippen molar-refractivity contribution in [3.8, 4) is 0 Å². The number of hydrogen-bond acceptors (Lipinski definition) is 4. The molecule has 1 aliphatic heterocycles. The predicted octanol–water partition coefficient (Wildman–Crippen LogP) is 0.693. The third-order valence-corrected chi connectivity index (χ3v) is 2.85. The molecule has 1 aliphatic rings. The molecule has 0 spiro atoms. The maximum atomic E-state index is 10.2. The lowest BCUT2D eigenvalue weighted by Crippen LogP contribution is -2.33. The summed E-state index contributed by atoms with van der Waals surface area (Å²) in [6.45, 7) is 2.05. The fourth-order valence-corrected chi connectivity index (χ4v) is 1.99. The summed E-state index contributed by atoms with van der Waals surface area (Å²) < 4.78 is 10.4. The van der Waals surface area contributed by atoms with E-state index in [1.54, 1.807) is 13.4 Å². The van der Waals surface area contributed by atoms with Gasteiger partial charge in [0.2, 0.25) is 0 Å². The van der Waals surface area contributed by atoms with Crippen LogP contribution in [0.2, 0.25) is 0 Å². The molecule has 2 heterocycles. The van der Waals surface area contributed by atoms with Crippen molar-refractivity contribution in [2.45, 2.75) is 25.0 Å². The molecule has 0 bridgehead atoms. The van der Waals surface area contributed by atoms with E-state index in [2.05, 4.69) is 5.32 Å². The normalized spacial score (nSPS) is 26.0. The van der Waals surface area contributed by atoms with Crippen LogP contribution in [0.15, 0.2) is 16.7 Å². The van der Waals surface area contributed by atoms with Crippen molar-refractivity contribution in [1.82, 2.24) is 5.32 Å². The zero-order valence-electron chi connectivity index (χ0n) is 8.95. The van der Waals surface area contributed by atoms with Crippen LogP contribution in [0.25, 0.3) is 0 Å². The molecular formula is C11H17NO3. The van der Waals surface area contributed by atoms with E-state index in [1.807, 2.05) is 6.07 Å². The first kappa shape index (κ1) is 10.7. The molecule has 0 amide bonds. The Kier molecular flexibility index (Phi) is 3.09. The Labute approximate surface area is 89.2 Å². The highest BCUT2D eigenvalue weighted by atomic mass is 16.5. The maximum Gasteiger partial charge on any atom is 0.112 e. The molecule has 0 aromatic carbocycles. The molecule has 1 unspecified atom stereocenters. The minimum absolute atomic E-state index is 0.537. The Hall–Kier alpha value is -0.840. The zero-order valence-corrected chi connectivity index (χ0v) is 8.95. The number of ether oxygens (including phenoxy) is 1. The number of nitrogens with one attached hydrogen (secondary N) is 1. The SMILES string of the molecule is COCc1ccoc1CC1(O)CCNC1. The predicted molar refractivity (Wildman–Crippen MR) is 55.6 cm³/mol. The quantitative estimate of drug-likeness (QED) is 0.769. The van der Waals surface area contributed by atoms with Crippen molar-refractivity contribution in [2.24, 2.45) is 0 Å². The van der Waals surface area contributed by atoms with Gasteiger partial charge in [0.15, 0.2) is 0 Å². The average Bonchev–Trinajstić information content (AvgIpc) is 2.78. The van der Waals surface area contributed by atoms with Crippen LogP contribution in [0, 0.1) is 0 Å². The lowest BCUT2D eigenvalue weighted by Gasteiger charge is -2.20. The number of rotatable bonds is 4. The monoisotopic (exact) mass is 211 g/mol. The van der Waals surface area contributed by atoms with E-state index < -0.39 is 5.60 Å². The molecule has 2 rings (SSSR count). The third kappa shape index (κ3) is 2.40. The van der Waals surface area contributed by atoms with Crippen LogP contribution < -0.4 is 5.32 Å². The second kappa shape index (κ2) is 4.35. The highest BCUT2D eigenvalue weighted by molar-refractivity contribution is 5.18. The fourth-order valence-electron chi connectivity index (χ4n) is 1.99. The molecule has 1 aromatic rings. The first-order valence-electron chi connectivity index (χ1n) is 5.21. The topological polar surface area (TPSA) is 54.6 Å². The molecule has 1 fully saturated rings. The molecule has 0 aliphatic carbocycles. The van der Waals surface area contributed by atoms with Gasteiger partial charge in [-0.05, 0) is 19.0 Å². The number of hydrogen-bond donors (Lipinski definition) is 2. The Morgan fingerprint density at radius 2 is 2.53 bits per heavy atom. The number of furan rings is 1. The van der Waals surface area contributed by atoms with E-state index in [9.17, 15) is 5.11 Å². The molecule has 1 saturated heterocycles. The Morgan fingerprint density at radius 1 is 1.67 bits per heavy atom. The number of methoxy groups -OCH3 is 1. The molecule has 84 valence electrons. The first-order chi connectivity index (χ1) is 7.23. The van der Waals surface area contributed by atoms with Gasteiger partial charge in [-0.1, -0.05) is 0 Å². The van der Waals surface area contributed by atoms with Crippen molar-refractivity contribution in [1.29, 1.82) is 0 Å². The molecule has 1 atom stereocenters. The lowest BCUT2D eigenvalue weighted by atomic mass is 9.96. The second-order valence-electron chi connectivity index (χ2n) is 4.13. The van der Waals surface area contributed by atoms with Crippen molar-refractivity contribution in [3.63, 3.8) is 0 Å². The van der Waals surface area contributed by atoms with Crippen LogP contribution in [0.3, 0.4) is 0 Å². The van der Waals surface area contributed by atoms with Gasteiger partial charge < -0.3 is 19.6 Å². The van der Waals surface area contributed by atoms with E-state index in [1.165, 1.54) is 0 Å². The van der Waals surface area contributed by atoms with Crippen LogP contribution in [0.4, 0.5) is 0 Å². The van der Waals surface area contributed by atoms with Crippen LogP contribution >= 0.6 is 0 Å². The lowest BCUT2D eigenvalue weighted by molar-refractivity contribution is 0.0555. The maximum absolute atomic E-state index is 10.2. The smallest absolute Gasteiger partial charge is 0.112 e. The van der Waals surface area contributed by atoms with Gasteiger partial charge in [-0.15, -0.1) is 0 Å². The third-order valence-electron chi connectivity index (χ3n) is 2.85. The minimum atomic E-state index is -0.652. The standard InChI is InChI=1S/C11H17NO3/c1-14-7-9-2-5-15-10(9)6-11(13)3-4-12-8-11/h2,5,12-13H,3-4,6-8H2,1H3. The summed E-state index contributed by atoms with van der Waals surface area (Å²) in [5, 5.41) is 13.3. The zero-order chi connectivity index (χ0) is 10.7. The van der Waals surface area contributed by atoms with E-state index in [0.717, 1.165) is 24.3 Å². The van der Waals surface area contributed by atoms with Gasteiger partial charge in [0.25, 0.3) is 0 Å². The summed E-state index contributed by atoms with van der Waals surface area (Å²) in [6, 6.07) is 1.89. The van der Waals surface area contributed by atoms with E-state index in [0.29, 0.717) is 19.6 Å². The summed E-state index contributed by atoms with van der Waals surface area (Å²) in [5.74, 6) is 0.836. The summed E-state index contributed by atoms with van der Waals surface area (Å²) in [7, 11) is 1.66. The summed E-state index contributed by atoms with van der Waals surface area (Å²) in [4.78, 5) is 0. The second-order valence-corrected chi connectivity index (χ2v) is 4.13. The molecule has 0 radical (unpaired) electrons. The first-order valence-corrected chi connectivity index (χ1v) is 5.21. The van der Waals surface area contributed by atoms with Crippen LogP contribution in [0.1, 0.15) is 17.7 Å². The van der Waals surface area contributed by atoms with Gasteiger partial charge in [-0.3, -0.25) is 0 Å². The highest BCUT2D eigenvalue weighted by Crippen LogP contribution is 2.23. The Morgan fingerprint density at radius 3 is 3.20 bits per heavy atom. The fraction of sp³-hybridized carbons (Fsp3) is 0.636. The van der Waals surface area contributed by atoms with Gasteiger partial charge in [-0.2, -0.15) is 0 Å². The van der Waals surface area contributed by atoms with Crippen molar-refractivity contribution in [3.05, 3.63) is 23.7 Å². The van der Waals surface area contributed by atoms with Gasteiger partial charge >= 0.3 is 0 Å². The molecule has 2 N–H and O–H groups in total. The molecule has 15 heavy (non-hydrogen) atoms. The Bertz CT molecular complexity index is 315. The molecule has 4 nitrogen and oxygen atoms in total. The largest absolute Gasteiger partial charge is 0.469 e. The number of β-amino-alcohol motifs (C(OH)–C–C–N with tert-alkyl or cyclic N) is 1. The van der Waals surface area contributed by atoms with E-state index in [-0.39, 0.29) is 0 Å².